The van der Waals surface area contributed by atoms with Gasteiger partial charge in [0.1, 0.15) is 0 Å². The molecule has 0 amide bonds. The standard InChI is InChI=1S/C18H31N3/c1-3-21(4-2)18(17-10-6-5-7-11-17)15-20-14-16-9-8-12-19-13-16/h5-7,10-11,16,18-20H,3-4,8-9,12-15H2,1-2H3. The lowest BCUT2D eigenvalue weighted by molar-refractivity contribution is 0.209. The first-order chi connectivity index (χ1) is 10.3. The molecule has 0 saturated carbocycles. The van der Waals surface area contributed by atoms with Gasteiger partial charge in [0.05, 0.1) is 0 Å². The molecule has 0 aliphatic carbocycles. The first-order valence-electron chi connectivity index (χ1n) is 8.55. The van der Waals surface area contributed by atoms with E-state index in [1.807, 2.05) is 0 Å². The molecular formula is C18H31N3. The molecule has 0 radical (unpaired) electrons. The van der Waals surface area contributed by atoms with E-state index in [2.05, 4.69) is 59.7 Å². The van der Waals surface area contributed by atoms with Gasteiger partial charge in [-0.05, 0) is 57.0 Å². The zero-order valence-corrected chi connectivity index (χ0v) is 13.6. The Bertz CT molecular complexity index is 369. The van der Waals surface area contributed by atoms with E-state index < -0.39 is 0 Å². The quantitative estimate of drug-likeness (QED) is 0.770. The van der Waals surface area contributed by atoms with Gasteiger partial charge < -0.3 is 10.6 Å². The summed E-state index contributed by atoms with van der Waals surface area (Å²) in [5, 5.41) is 7.22. The Morgan fingerprint density at radius 2 is 2.00 bits per heavy atom. The van der Waals surface area contributed by atoms with Gasteiger partial charge in [-0.3, -0.25) is 4.90 Å². The Balaban J connectivity index is 1.89. The highest BCUT2D eigenvalue weighted by atomic mass is 15.2. The summed E-state index contributed by atoms with van der Waals surface area (Å²) < 4.78 is 0. The van der Waals surface area contributed by atoms with Crippen molar-refractivity contribution in [2.24, 2.45) is 5.92 Å². The average molecular weight is 289 g/mol. The van der Waals surface area contributed by atoms with Gasteiger partial charge in [0.2, 0.25) is 0 Å². The van der Waals surface area contributed by atoms with Crippen molar-refractivity contribution in [1.82, 2.24) is 15.5 Å². The maximum Gasteiger partial charge on any atom is 0.0472 e. The van der Waals surface area contributed by atoms with Crippen LogP contribution in [0, 0.1) is 5.92 Å². The van der Waals surface area contributed by atoms with E-state index in [1.54, 1.807) is 0 Å². The lowest BCUT2D eigenvalue weighted by Gasteiger charge is -2.31. The van der Waals surface area contributed by atoms with Crippen molar-refractivity contribution in [2.75, 3.05) is 39.3 Å². The summed E-state index contributed by atoms with van der Waals surface area (Å²) in [6.45, 7) is 11.3. The molecule has 2 unspecified atom stereocenters. The van der Waals surface area contributed by atoms with Gasteiger partial charge in [-0.2, -0.15) is 0 Å². The molecule has 1 aromatic rings. The van der Waals surface area contributed by atoms with E-state index in [1.165, 1.54) is 31.5 Å². The highest BCUT2D eigenvalue weighted by Gasteiger charge is 2.18. The second-order valence-corrected chi connectivity index (χ2v) is 6.02. The SMILES string of the molecule is CCN(CC)C(CNCC1CCCNC1)c1ccccc1. The van der Waals surface area contributed by atoms with Gasteiger partial charge in [0, 0.05) is 12.6 Å². The van der Waals surface area contributed by atoms with Crippen LogP contribution in [-0.4, -0.2) is 44.2 Å². The van der Waals surface area contributed by atoms with Crippen molar-refractivity contribution in [3.05, 3.63) is 35.9 Å². The molecule has 3 nitrogen and oxygen atoms in total. The molecule has 3 heteroatoms. The van der Waals surface area contributed by atoms with Gasteiger partial charge in [-0.25, -0.2) is 0 Å². The van der Waals surface area contributed by atoms with E-state index in [9.17, 15) is 0 Å². The van der Waals surface area contributed by atoms with Crippen LogP contribution in [0.3, 0.4) is 0 Å². The van der Waals surface area contributed by atoms with Crippen molar-refractivity contribution >= 4 is 0 Å². The van der Waals surface area contributed by atoms with E-state index in [0.29, 0.717) is 6.04 Å². The summed E-state index contributed by atoms with van der Waals surface area (Å²) >= 11 is 0. The summed E-state index contributed by atoms with van der Waals surface area (Å²) in [5.74, 6) is 0.798. The Kier molecular flexibility index (Phi) is 7.20. The fourth-order valence-electron chi connectivity index (χ4n) is 3.32. The number of hydrogen-bond donors (Lipinski definition) is 2. The third-order valence-corrected chi connectivity index (χ3v) is 4.61. The molecule has 1 heterocycles. The normalized spacial score (nSPS) is 20.6. The minimum Gasteiger partial charge on any atom is -0.316 e. The van der Waals surface area contributed by atoms with E-state index in [4.69, 9.17) is 0 Å². The lowest BCUT2D eigenvalue weighted by Crippen LogP contribution is -2.40. The summed E-state index contributed by atoms with van der Waals surface area (Å²) in [6.07, 6.45) is 2.69. The Hall–Kier alpha value is -0.900. The summed E-state index contributed by atoms with van der Waals surface area (Å²) in [5.41, 5.74) is 1.43. The van der Waals surface area contributed by atoms with Gasteiger partial charge in [0.15, 0.2) is 0 Å². The van der Waals surface area contributed by atoms with Crippen molar-refractivity contribution in [3.8, 4) is 0 Å². The van der Waals surface area contributed by atoms with Crippen molar-refractivity contribution in [3.63, 3.8) is 0 Å². The smallest absolute Gasteiger partial charge is 0.0472 e. The predicted octanol–water partition coefficient (Wildman–Crippen LogP) is 2.66. The Morgan fingerprint density at radius 3 is 2.62 bits per heavy atom. The highest BCUT2D eigenvalue weighted by molar-refractivity contribution is 5.19. The second-order valence-electron chi connectivity index (χ2n) is 6.02. The van der Waals surface area contributed by atoms with Gasteiger partial charge >= 0.3 is 0 Å². The molecule has 0 aromatic heterocycles. The van der Waals surface area contributed by atoms with Crippen molar-refractivity contribution in [2.45, 2.75) is 32.7 Å². The van der Waals surface area contributed by atoms with Crippen LogP contribution in [-0.2, 0) is 0 Å². The number of hydrogen-bond acceptors (Lipinski definition) is 3. The molecule has 2 atom stereocenters. The summed E-state index contributed by atoms with van der Waals surface area (Å²) in [7, 11) is 0. The maximum absolute atomic E-state index is 3.72. The zero-order valence-electron chi connectivity index (χ0n) is 13.6. The first kappa shape index (κ1) is 16.5. The molecule has 1 aliphatic heterocycles. The maximum atomic E-state index is 3.72. The number of piperidine rings is 1. The van der Waals surface area contributed by atoms with Crippen LogP contribution in [0.1, 0.15) is 38.3 Å². The number of nitrogens with one attached hydrogen (secondary N) is 2. The largest absolute Gasteiger partial charge is 0.316 e. The molecule has 2 rings (SSSR count). The van der Waals surface area contributed by atoms with Gasteiger partial charge in [0.25, 0.3) is 0 Å². The Morgan fingerprint density at radius 1 is 1.24 bits per heavy atom. The van der Waals surface area contributed by atoms with Gasteiger partial charge in [-0.15, -0.1) is 0 Å². The first-order valence-corrected chi connectivity index (χ1v) is 8.55. The van der Waals surface area contributed by atoms with Crippen LogP contribution >= 0.6 is 0 Å². The van der Waals surface area contributed by atoms with Crippen molar-refractivity contribution in [1.29, 1.82) is 0 Å². The molecule has 1 aliphatic rings. The average Bonchev–Trinajstić information content (AvgIpc) is 2.56. The number of rotatable bonds is 8. The van der Waals surface area contributed by atoms with Crippen molar-refractivity contribution < 1.29 is 0 Å². The molecule has 0 bridgehead atoms. The van der Waals surface area contributed by atoms with Crippen LogP contribution in [0.2, 0.25) is 0 Å². The third kappa shape index (κ3) is 5.10. The third-order valence-electron chi connectivity index (χ3n) is 4.61. The van der Waals surface area contributed by atoms with Gasteiger partial charge in [-0.1, -0.05) is 44.2 Å². The molecule has 1 fully saturated rings. The lowest BCUT2D eigenvalue weighted by atomic mass is 9.99. The molecule has 0 spiro atoms. The molecule has 21 heavy (non-hydrogen) atoms. The second kappa shape index (κ2) is 9.19. The van der Waals surface area contributed by atoms with Crippen LogP contribution in [0.4, 0.5) is 0 Å². The molecular weight excluding hydrogens is 258 g/mol. The Labute approximate surface area is 130 Å². The minimum atomic E-state index is 0.484. The summed E-state index contributed by atoms with van der Waals surface area (Å²) in [4.78, 5) is 2.54. The van der Waals surface area contributed by atoms with Crippen LogP contribution in [0.15, 0.2) is 30.3 Å². The highest BCUT2D eigenvalue weighted by Crippen LogP contribution is 2.19. The summed E-state index contributed by atoms with van der Waals surface area (Å²) in [6, 6.07) is 11.4. The fourth-order valence-corrected chi connectivity index (χ4v) is 3.32. The molecule has 2 N–H and O–H groups in total. The van der Waals surface area contributed by atoms with E-state index in [-0.39, 0.29) is 0 Å². The number of likely N-dealkylation sites (N-methyl/N-ethyl adjacent to an activating group) is 1. The van der Waals surface area contributed by atoms with Crippen LogP contribution in [0.5, 0.6) is 0 Å². The molecule has 1 aromatic carbocycles. The topological polar surface area (TPSA) is 27.3 Å². The van der Waals surface area contributed by atoms with Crippen LogP contribution < -0.4 is 10.6 Å². The number of nitrogens with zero attached hydrogens (tertiary/aromatic N) is 1. The molecule has 118 valence electrons. The van der Waals surface area contributed by atoms with Crippen LogP contribution in [0.25, 0.3) is 0 Å². The molecule has 1 saturated heterocycles. The van der Waals surface area contributed by atoms with E-state index in [0.717, 1.165) is 32.1 Å². The van der Waals surface area contributed by atoms with E-state index >= 15 is 0 Å². The monoisotopic (exact) mass is 289 g/mol. The number of benzene rings is 1. The predicted molar refractivity (Wildman–Crippen MR) is 90.6 cm³/mol. The fraction of sp³-hybridized carbons (Fsp3) is 0.667. The minimum absolute atomic E-state index is 0.484. The zero-order chi connectivity index (χ0) is 14.9.